The predicted octanol–water partition coefficient (Wildman–Crippen LogP) is -1.78. The van der Waals surface area contributed by atoms with Crippen LogP contribution in [0.5, 0.6) is 0 Å². The first-order chi connectivity index (χ1) is 9.41. The van der Waals surface area contributed by atoms with E-state index in [1.165, 1.54) is 12.3 Å². The normalized spacial score (nSPS) is 38.0. The summed E-state index contributed by atoms with van der Waals surface area (Å²) < 4.78 is 27.7. The maximum Gasteiger partial charge on any atom is 0.473 e. The van der Waals surface area contributed by atoms with Gasteiger partial charge in [0.05, 0.1) is 6.61 Å². The summed E-state index contributed by atoms with van der Waals surface area (Å²) in [5.74, 6) is 0.0379. The first-order valence-electron chi connectivity index (χ1n) is 5.72. The molecule has 2 saturated heterocycles. The second kappa shape index (κ2) is 6.07. The molecule has 0 saturated carbocycles. The fraction of sp³-hybridized carbons (Fsp3) is 0.556. The van der Waals surface area contributed by atoms with Crippen LogP contribution in [-0.2, 0) is 18.3 Å². The molecule has 111 valence electrons. The molecule has 0 aliphatic carbocycles. The minimum atomic E-state index is -4.21. The molecule has 1 aromatic heterocycles. The topological polar surface area (TPSA) is 146 Å². The second-order valence-electron chi connectivity index (χ2n) is 4.40. The number of fused-ring (bicyclic) bond motifs is 1. The van der Waals surface area contributed by atoms with E-state index < -0.39 is 44.7 Å². The Morgan fingerprint density at radius 1 is 1.43 bits per heavy atom. The number of aliphatic hydroxyl groups is 1. The fourth-order valence-corrected chi connectivity index (χ4v) is 3.42. The number of ether oxygens (including phenoxy) is 1. The summed E-state index contributed by atoms with van der Waals surface area (Å²) in [6, 6.07) is 1.38. The second-order valence-corrected chi connectivity index (χ2v) is 5.76. The Morgan fingerprint density at radius 3 is 2.71 bits per heavy atom. The number of phosphoric ester groups is 1. The van der Waals surface area contributed by atoms with Gasteiger partial charge >= 0.3 is 13.5 Å². The van der Waals surface area contributed by atoms with E-state index in [-0.39, 0.29) is 35.4 Å². The SMILES string of the molecule is Nc1ccn(C2OC(CO)C3OP(=O)(O)OC32)c(=O)n1.[Na]. The molecule has 12 heteroatoms. The zero-order chi connectivity index (χ0) is 14.5. The molecule has 5 unspecified atom stereocenters. The van der Waals surface area contributed by atoms with E-state index in [2.05, 4.69) is 4.98 Å². The number of anilines is 1. The van der Waals surface area contributed by atoms with Gasteiger partial charge in [-0.15, -0.1) is 0 Å². The number of phosphoric acid groups is 1. The molecule has 2 aliphatic heterocycles. The van der Waals surface area contributed by atoms with Gasteiger partial charge in [0.15, 0.2) is 6.23 Å². The number of hydrogen-bond acceptors (Lipinski definition) is 8. The van der Waals surface area contributed by atoms with E-state index in [9.17, 15) is 19.4 Å². The number of nitrogens with two attached hydrogens (primary N) is 1. The fourth-order valence-electron chi connectivity index (χ4n) is 2.27. The van der Waals surface area contributed by atoms with E-state index in [0.717, 1.165) is 4.57 Å². The molecule has 21 heavy (non-hydrogen) atoms. The third-order valence-electron chi connectivity index (χ3n) is 3.10. The summed E-state index contributed by atoms with van der Waals surface area (Å²) in [6.07, 6.45) is -2.51. The molecule has 5 atom stereocenters. The first kappa shape index (κ1) is 17.1. The first-order valence-corrected chi connectivity index (χ1v) is 7.21. The average Bonchev–Trinajstić information content (AvgIpc) is 2.83. The Labute approximate surface area is 140 Å². The number of nitrogen functional groups attached to an aromatic ring is 1. The number of aromatic nitrogens is 2. The van der Waals surface area contributed by atoms with Gasteiger partial charge in [0.25, 0.3) is 0 Å². The number of nitrogens with zero attached hydrogens (tertiary/aromatic N) is 2. The summed E-state index contributed by atoms with van der Waals surface area (Å²) in [6.45, 7) is -0.446. The van der Waals surface area contributed by atoms with Crippen LogP contribution >= 0.6 is 7.82 Å². The Balaban J connectivity index is 0.00000161. The molecule has 1 radical (unpaired) electrons. The van der Waals surface area contributed by atoms with Gasteiger partial charge in [-0.05, 0) is 6.07 Å². The van der Waals surface area contributed by atoms with Crippen molar-refractivity contribution in [2.45, 2.75) is 24.5 Å². The average molecular weight is 328 g/mol. The minimum Gasteiger partial charge on any atom is -0.394 e. The van der Waals surface area contributed by atoms with Crippen molar-refractivity contribution in [3.8, 4) is 0 Å². The van der Waals surface area contributed by atoms with Crippen molar-refractivity contribution in [2.75, 3.05) is 12.3 Å². The van der Waals surface area contributed by atoms with Crippen LogP contribution in [0.1, 0.15) is 6.23 Å². The molecule has 3 heterocycles. The van der Waals surface area contributed by atoms with Gasteiger partial charge in [0, 0.05) is 35.8 Å². The summed E-state index contributed by atoms with van der Waals surface area (Å²) in [5.41, 5.74) is 4.69. The quantitative estimate of drug-likeness (QED) is 0.423. The van der Waals surface area contributed by atoms with Crippen molar-refractivity contribution >= 4 is 43.2 Å². The molecule has 10 nitrogen and oxygen atoms in total. The van der Waals surface area contributed by atoms with Gasteiger partial charge in [-0.2, -0.15) is 4.98 Å². The van der Waals surface area contributed by atoms with Gasteiger partial charge < -0.3 is 20.5 Å². The smallest absolute Gasteiger partial charge is 0.394 e. The summed E-state index contributed by atoms with van der Waals surface area (Å²) in [4.78, 5) is 24.7. The van der Waals surface area contributed by atoms with Crippen molar-refractivity contribution in [2.24, 2.45) is 0 Å². The maximum absolute atomic E-state index is 11.8. The summed E-state index contributed by atoms with van der Waals surface area (Å²) >= 11 is 0. The molecule has 1 aromatic rings. The molecular weight excluding hydrogens is 316 g/mol. The minimum absolute atomic E-state index is 0. The molecule has 2 fully saturated rings. The molecule has 3 rings (SSSR count). The van der Waals surface area contributed by atoms with Crippen LogP contribution in [0.15, 0.2) is 17.1 Å². The van der Waals surface area contributed by atoms with E-state index in [4.69, 9.17) is 19.5 Å². The van der Waals surface area contributed by atoms with Crippen molar-refractivity contribution in [3.05, 3.63) is 22.7 Å². The van der Waals surface area contributed by atoms with Crippen molar-refractivity contribution < 1.29 is 28.3 Å². The van der Waals surface area contributed by atoms with Crippen molar-refractivity contribution in [3.63, 3.8) is 0 Å². The zero-order valence-electron chi connectivity index (χ0n) is 11.0. The van der Waals surface area contributed by atoms with Crippen LogP contribution in [0, 0.1) is 0 Å². The number of rotatable bonds is 2. The van der Waals surface area contributed by atoms with Crippen molar-refractivity contribution in [1.29, 1.82) is 0 Å². The molecule has 2 aliphatic rings. The molecule has 0 amide bonds. The Kier molecular flexibility index (Phi) is 4.94. The Hall–Kier alpha value is -0.290. The molecule has 0 bridgehead atoms. The van der Waals surface area contributed by atoms with Gasteiger partial charge in [-0.25, -0.2) is 9.36 Å². The molecule has 4 N–H and O–H groups in total. The predicted molar refractivity (Wildman–Crippen MR) is 69.2 cm³/mol. The van der Waals surface area contributed by atoms with Crippen molar-refractivity contribution in [1.82, 2.24) is 9.55 Å². The largest absolute Gasteiger partial charge is 0.473 e. The molecule has 0 spiro atoms. The van der Waals surface area contributed by atoms with Crippen LogP contribution < -0.4 is 11.4 Å². The third-order valence-corrected chi connectivity index (χ3v) is 4.12. The van der Waals surface area contributed by atoms with Crippen LogP contribution in [0.3, 0.4) is 0 Å². The maximum atomic E-state index is 11.8. The monoisotopic (exact) mass is 328 g/mol. The van der Waals surface area contributed by atoms with E-state index in [0.29, 0.717) is 0 Å². The summed E-state index contributed by atoms with van der Waals surface area (Å²) in [7, 11) is -4.21. The van der Waals surface area contributed by atoms with Crippen LogP contribution in [-0.4, -0.2) is 74.0 Å². The van der Waals surface area contributed by atoms with Crippen LogP contribution in [0.2, 0.25) is 0 Å². The van der Waals surface area contributed by atoms with E-state index >= 15 is 0 Å². The van der Waals surface area contributed by atoms with Gasteiger partial charge in [-0.3, -0.25) is 13.6 Å². The van der Waals surface area contributed by atoms with E-state index in [1.54, 1.807) is 0 Å². The van der Waals surface area contributed by atoms with Gasteiger partial charge in [-0.1, -0.05) is 0 Å². The standard InChI is InChI=1S/C9H12N3O7P.Na/c10-5-1-2-12(9(14)11-5)8-7-6(4(3-13)17-8)18-20(15,16)19-7;/h1-2,4,6-8,13H,3H2,(H,15,16)(H2,10,11,14);. The van der Waals surface area contributed by atoms with E-state index in [1.807, 2.05) is 0 Å². The van der Waals surface area contributed by atoms with Crippen LogP contribution in [0.4, 0.5) is 5.82 Å². The zero-order valence-corrected chi connectivity index (χ0v) is 13.9. The summed E-state index contributed by atoms with van der Waals surface area (Å²) in [5, 5.41) is 9.21. The van der Waals surface area contributed by atoms with Gasteiger partial charge in [0.1, 0.15) is 24.1 Å². The number of hydrogen-bond donors (Lipinski definition) is 3. The number of aliphatic hydroxyl groups excluding tert-OH is 1. The molecule has 0 aromatic carbocycles. The van der Waals surface area contributed by atoms with Gasteiger partial charge in [0.2, 0.25) is 0 Å². The van der Waals surface area contributed by atoms with Crippen LogP contribution in [0.25, 0.3) is 0 Å². The molecular formula is C9H12N3NaO7P. The Bertz CT molecular complexity index is 640. The third kappa shape index (κ3) is 3.09. The Morgan fingerprint density at radius 2 is 2.10 bits per heavy atom.